The van der Waals surface area contributed by atoms with Gasteiger partial charge in [-0.1, -0.05) is 30.7 Å². The van der Waals surface area contributed by atoms with Crippen LogP contribution < -0.4 is 10.1 Å². The third-order valence-corrected chi connectivity index (χ3v) is 4.45. The molecule has 0 aromatic heterocycles. The van der Waals surface area contributed by atoms with Crippen LogP contribution in [0.1, 0.15) is 36.1 Å². The summed E-state index contributed by atoms with van der Waals surface area (Å²) in [6, 6.07) is 14.0. The monoisotopic (exact) mass is 423 g/mol. The molecule has 0 saturated heterocycles. The van der Waals surface area contributed by atoms with Crippen molar-refractivity contribution in [3.63, 3.8) is 0 Å². The van der Waals surface area contributed by atoms with Gasteiger partial charge < -0.3 is 10.1 Å². The number of carbonyl (C=O) groups is 1. The Labute approximate surface area is 151 Å². The van der Waals surface area contributed by atoms with Crippen LogP contribution in [-0.2, 0) is 4.79 Å². The van der Waals surface area contributed by atoms with Crippen molar-refractivity contribution in [1.82, 2.24) is 5.32 Å². The summed E-state index contributed by atoms with van der Waals surface area (Å²) in [6.45, 7) is 6.26. The first-order chi connectivity index (χ1) is 11.0. The molecule has 1 atom stereocenters. The van der Waals surface area contributed by atoms with E-state index in [1.807, 2.05) is 24.3 Å². The van der Waals surface area contributed by atoms with Crippen LogP contribution in [0, 0.1) is 17.4 Å². The molecule has 0 bridgehead atoms. The second-order valence-electron chi connectivity index (χ2n) is 5.63. The molecule has 0 saturated carbocycles. The van der Waals surface area contributed by atoms with E-state index in [2.05, 4.69) is 66.9 Å². The lowest BCUT2D eigenvalue weighted by Crippen LogP contribution is -2.32. The summed E-state index contributed by atoms with van der Waals surface area (Å²) in [7, 11) is 0. The molecule has 0 radical (unpaired) electrons. The van der Waals surface area contributed by atoms with Gasteiger partial charge in [-0.2, -0.15) is 0 Å². The van der Waals surface area contributed by atoms with Gasteiger partial charge >= 0.3 is 0 Å². The fourth-order valence-electron chi connectivity index (χ4n) is 2.53. The van der Waals surface area contributed by atoms with Gasteiger partial charge in [0.25, 0.3) is 5.91 Å². The van der Waals surface area contributed by atoms with Crippen molar-refractivity contribution in [2.75, 3.05) is 6.61 Å². The molecule has 0 fully saturated rings. The summed E-state index contributed by atoms with van der Waals surface area (Å²) in [5.74, 6) is 0.607. The van der Waals surface area contributed by atoms with E-state index in [0.29, 0.717) is 5.75 Å². The quantitative estimate of drug-likeness (QED) is 0.693. The zero-order valence-corrected chi connectivity index (χ0v) is 15.9. The number of benzene rings is 2. The summed E-state index contributed by atoms with van der Waals surface area (Å²) < 4.78 is 6.68. The Bertz CT molecular complexity index is 668. The van der Waals surface area contributed by atoms with Gasteiger partial charge in [0.1, 0.15) is 5.75 Å². The highest BCUT2D eigenvalue weighted by atomic mass is 127. The molecule has 0 aliphatic heterocycles. The number of amides is 1. The fourth-order valence-corrected chi connectivity index (χ4v) is 2.89. The van der Waals surface area contributed by atoms with Crippen LogP contribution in [0.15, 0.2) is 42.5 Å². The molecular weight excluding hydrogens is 401 g/mol. The van der Waals surface area contributed by atoms with Crippen LogP contribution in [0.4, 0.5) is 0 Å². The van der Waals surface area contributed by atoms with Gasteiger partial charge in [-0.25, -0.2) is 0 Å². The van der Waals surface area contributed by atoms with Crippen molar-refractivity contribution >= 4 is 28.5 Å². The zero-order chi connectivity index (χ0) is 16.8. The second kappa shape index (κ2) is 8.34. The summed E-state index contributed by atoms with van der Waals surface area (Å²) in [5.41, 5.74) is 3.60. The van der Waals surface area contributed by atoms with Gasteiger partial charge in [0.2, 0.25) is 0 Å². The van der Waals surface area contributed by atoms with Crippen molar-refractivity contribution < 1.29 is 9.53 Å². The molecule has 23 heavy (non-hydrogen) atoms. The molecule has 0 unspecified atom stereocenters. The van der Waals surface area contributed by atoms with Crippen LogP contribution in [0.25, 0.3) is 0 Å². The first kappa shape index (κ1) is 17.8. The van der Waals surface area contributed by atoms with Crippen LogP contribution in [-0.4, -0.2) is 12.5 Å². The number of hydrogen-bond donors (Lipinski definition) is 1. The largest absolute Gasteiger partial charge is 0.484 e. The maximum absolute atomic E-state index is 12.2. The van der Waals surface area contributed by atoms with Crippen LogP contribution in [0.3, 0.4) is 0 Å². The van der Waals surface area contributed by atoms with Crippen molar-refractivity contribution in [2.24, 2.45) is 0 Å². The molecule has 122 valence electrons. The number of rotatable bonds is 6. The summed E-state index contributed by atoms with van der Waals surface area (Å²) >= 11 is 2.24. The number of carbonyl (C=O) groups excluding carboxylic acids is 1. The molecule has 1 amide bonds. The molecule has 1 N–H and O–H groups in total. The molecule has 0 spiro atoms. The number of ether oxygens (including phenoxy) is 1. The molecule has 2 aromatic carbocycles. The lowest BCUT2D eigenvalue weighted by atomic mass is 9.97. The molecule has 2 aromatic rings. The third kappa shape index (κ3) is 5.23. The highest BCUT2D eigenvalue weighted by molar-refractivity contribution is 14.1. The van der Waals surface area contributed by atoms with Gasteiger partial charge in [0.15, 0.2) is 6.61 Å². The molecule has 0 aliphatic rings. The van der Waals surface area contributed by atoms with Crippen molar-refractivity contribution in [3.05, 3.63) is 62.7 Å². The second-order valence-corrected chi connectivity index (χ2v) is 6.88. The average Bonchev–Trinajstić information content (AvgIpc) is 2.52. The SMILES string of the molecule is CC[C@H](NC(=O)COc1ccc(I)cc1)c1ccc(C)cc1C. The van der Waals surface area contributed by atoms with Gasteiger partial charge in [-0.3, -0.25) is 4.79 Å². The van der Waals surface area contributed by atoms with Crippen LogP contribution >= 0.6 is 22.6 Å². The molecule has 4 heteroatoms. The lowest BCUT2D eigenvalue weighted by Gasteiger charge is -2.20. The Morgan fingerprint density at radius 2 is 1.87 bits per heavy atom. The maximum Gasteiger partial charge on any atom is 0.258 e. The predicted molar refractivity (Wildman–Crippen MR) is 102 cm³/mol. The Morgan fingerprint density at radius 3 is 2.48 bits per heavy atom. The smallest absolute Gasteiger partial charge is 0.258 e. The molecular formula is C19H22INO2. The number of halogens is 1. The van der Waals surface area contributed by atoms with Gasteiger partial charge in [-0.05, 0) is 78.3 Å². The zero-order valence-electron chi connectivity index (χ0n) is 13.7. The van der Waals surface area contributed by atoms with Crippen LogP contribution in [0.5, 0.6) is 5.75 Å². The predicted octanol–water partition coefficient (Wildman–Crippen LogP) is 4.55. The van der Waals surface area contributed by atoms with E-state index in [9.17, 15) is 4.79 Å². The van der Waals surface area contributed by atoms with E-state index in [0.717, 1.165) is 9.99 Å². The molecule has 3 nitrogen and oxygen atoms in total. The Morgan fingerprint density at radius 1 is 1.17 bits per heavy atom. The number of nitrogens with one attached hydrogen (secondary N) is 1. The van der Waals surface area contributed by atoms with Crippen LogP contribution in [0.2, 0.25) is 0 Å². The summed E-state index contributed by atoms with van der Waals surface area (Å²) in [6.07, 6.45) is 0.846. The summed E-state index contributed by atoms with van der Waals surface area (Å²) in [5, 5.41) is 3.06. The van der Waals surface area contributed by atoms with Crippen molar-refractivity contribution in [3.8, 4) is 5.75 Å². The Balaban J connectivity index is 1.95. The third-order valence-electron chi connectivity index (χ3n) is 3.73. The van der Waals surface area contributed by atoms with Crippen molar-refractivity contribution in [1.29, 1.82) is 0 Å². The fraction of sp³-hybridized carbons (Fsp3) is 0.316. The van der Waals surface area contributed by atoms with E-state index in [-0.39, 0.29) is 18.6 Å². The van der Waals surface area contributed by atoms with E-state index in [1.54, 1.807) is 0 Å². The molecule has 0 aliphatic carbocycles. The normalized spacial score (nSPS) is 11.8. The molecule has 0 heterocycles. The standard InChI is InChI=1S/C19H22INO2/c1-4-18(17-10-5-13(2)11-14(17)3)21-19(22)12-23-16-8-6-15(20)7-9-16/h5-11,18H,4,12H2,1-3H3,(H,21,22)/t18-/m0/s1. The van der Waals surface area contributed by atoms with E-state index in [4.69, 9.17) is 4.74 Å². The van der Waals surface area contributed by atoms with E-state index >= 15 is 0 Å². The number of hydrogen-bond acceptors (Lipinski definition) is 2. The first-order valence-corrected chi connectivity index (χ1v) is 8.82. The minimum Gasteiger partial charge on any atom is -0.484 e. The topological polar surface area (TPSA) is 38.3 Å². The van der Waals surface area contributed by atoms with Gasteiger partial charge in [-0.15, -0.1) is 0 Å². The minimum absolute atomic E-state index is 0.0171. The minimum atomic E-state index is -0.102. The maximum atomic E-state index is 12.2. The van der Waals surface area contributed by atoms with Gasteiger partial charge in [0.05, 0.1) is 6.04 Å². The van der Waals surface area contributed by atoms with Crippen molar-refractivity contribution in [2.45, 2.75) is 33.2 Å². The average molecular weight is 423 g/mol. The Hall–Kier alpha value is -1.56. The van der Waals surface area contributed by atoms with Gasteiger partial charge in [0, 0.05) is 3.57 Å². The van der Waals surface area contributed by atoms with E-state index in [1.165, 1.54) is 16.7 Å². The summed E-state index contributed by atoms with van der Waals surface area (Å²) in [4.78, 5) is 12.2. The lowest BCUT2D eigenvalue weighted by molar-refractivity contribution is -0.123. The molecule has 2 rings (SSSR count). The van der Waals surface area contributed by atoms with E-state index < -0.39 is 0 Å². The number of aryl methyl sites for hydroxylation is 2. The highest BCUT2D eigenvalue weighted by Gasteiger charge is 2.15. The first-order valence-electron chi connectivity index (χ1n) is 7.74. The highest BCUT2D eigenvalue weighted by Crippen LogP contribution is 2.21. The Kier molecular flexibility index (Phi) is 6.45.